The predicted molar refractivity (Wildman–Crippen MR) is 65.9 cm³/mol. The van der Waals surface area contributed by atoms with Crippen LogP contribution in [-0.2, 0) is 10.0 Å². The molecule has 0 amide bonds. The highest BCUT2D eigenvalue weighted by atomic mass is 32.2. The van der Waals surface area contributed by atoms with Gasteiger partial charge in [-0.3, -0.25) is 5.10 Å². The summed E-state index contributed by atoms with van der Waals surface area (Å²) >= 11 is 0. The first kappa shape index (κ1) is 12.6. The van der Waals surface area contributed by atoms with Crippen molar-refractivity contribution in [3.8, 4) is 0 Å². The van der Waals surface area contributed by atoms with E-state index in [1.165, 1.54) is 0 Å². The summed E-state index contributed by atoms with van der Waals surface area (Å²) < 4.78 is 26.4. The van der Waals surface area contributed by atoms with Crippen LogP contribution in [0.3, 0.4) is 0 Å². The van der Waals surface area contributed by atoms with E-state index >= 15 is 0 Å². The normalized spacial score (nSPS) is 24.0. The molecule has 1 saturated heterocycles. The molecule has 5 nitrogen and oxygen atoms in total. The van der Waals surface area contributed by atoms with Crippen LogP contribution >= 0.6 is 0 Å². The molecule has 1 aliphatic heterocycles. The zero-order valence-electron chi connectivity index (χ0n) is 10.3. The highest BCUT2D eigenvalue weighted by Crippen LogP contribution is 2.34. The van der Waals surface area contributed by atoms with Crippen LogP contribution < -0.4 is 0 Å². The van der Waals surface area contributed by atoms with Gasteiger partial charge in [-0.05, 0) is 32.3 Å². The van der Waals surface area contributed by atoms with Gasteiger partial charge in [0.1, 0.15) is 0 Å². The Kier molecular flexibility index (Phi) is 3.53. The lowest BCUT2D eigenvalue weighted by Crippen LogP contribution is -2.37. The Balaban J connectivity index is 2.26. The molecular weight excluding hydrogens is 238 g/mol. The van der Waals surface area contributed by atoms with Gasteiger partial charge in [0.15, 0.2) is 0 Å². The number of hydrogen-bond donors (Lipinski definition) is 1. The molecule has 0 unspecified atom stereocenters. The second-order valence-corrected chi connectivity index (χ2v) is 6.85. The average molecular weight is 257 g/mol. The van der Waals surface area contributed by atoms with Crippen molar-refractivity contribution in [2.45, 2.75) is 44.4 Å². The number of hydrogen-bond acceptors (Lipinski definition) is 3. The number of rotatable bonds is 4. The number of aromatic amines is 1. The fourth-order valence-corrected chi connectivity index (χ4v) is 4.09. The standard InChI is InChI=1S/C11H19N3O2S/c1-3-9(2)17(15,16)14-8-4-5-11(14)10-6-7-12-13-10/h6-7,9,11H,3-5,8H2,1-2H3,(H,12,13)/t9-,11+/m0/s1. The van der Waals surface area contributed by atoms with Gasteiger partial charge in [-0.2, -0.15) is 9.40 Å². The van der Waals surface area contributed by atoms with Crippen molar-refractivity contribution >= 4 is 10.0 Å². The predicted octanol–water partition coefficient (Wildman–Crippen LogP) is 1.67. The van der Waals surface area contributed by atoms with Gasteiger partial charge in [-0.1, -0.05) is 6.92 Å². The van der Waals surface area contributed by atoms with E-state index in [1.54, 1.807) is 17.4 Å². The quantitative estimate of drug-likeness (QED) is 0.892. The number of sulfonamides is 1. The van der Waals surface area contributed by atoms with Crippen molar-refractivity contribution in [2.24, 2.45) is 0 Å². The van der Waals surface area contributed by atoms with Crippen molar-refractivity contribution in [1.29, 1.82) is 0 Å². The van der Waals surface area contributed by atoms with Crippen LogP contribution in [0.25, 0.3) is 0 Å². The van der Waals surface area contributed by atoms with Crippen LogP contribution in [0.2, 0.25) is 0 Å². The van der Waals surface area contributed by atoms with Crippen molar-refractivity contribution < 1.29 is 8.42 Å². The number of H-pyrrole nitrogens is 1. The molecule has 1 aromatic heterocycles. The van der Waals surface area contributed by atoms with E-state index in [-0.39, 0.29) is 11.3 Å². The summed E-state index contributed by atoms with van der Waals surface area (Å²) in [5.41, 5.74) is 0.898. The fourth-order valence-electron chi connectivity index (χ4n) is 2.25. The lowest BCUT2D eigenvalue weighted by Gasteiger charge is -2.26. The summed E-state index contributed by atoms with van der Waals surface area (Å²) in [5, 5.41) is 6.47. The summed E-state index contributed by atoms with van der Waals surface area (Å²) in [4.78, 5) is 0. The minimum Gasteiger partial charge on any atom is -0.281 e. The van der Waals surface area contributed by atoms with Gasteiger partial charge in [0.05, 0.1) is 17.0 Å². The molecule has 2 atom stereocenters. The molecule has 0 aliphatic carbocycles. The van der Waals surface area contributed by atoms with Gasteiger partial charge in [0.2, 0.25) is 10.0 Å². The Morgan fingerprint density at radius 1 is 1.65 bits per heavy atom. The maximum absolute atomic E-state index is 12.4. The second-order valence-electron chi connectivity index (χ2n) is 4.54. The Morgan fingerprint density at radius 3 is 3.00 bits per heavy atom. The SMILES string of the molecule is CC[C@H](C)S(=O)(=O)N1CCC[C@@H]1c1ccn[nH]1. The summed E-state index contributed by atoms with van der Waals surface area (Å²) in [6.45, 7) is 4.30. The molecule has 0 aromatic carbocycles. The molecular formula is C11H19N3O2S. The van der Waals surface area contributed by atoms with Crippen LogP contribution in [0.15, 0.2) is 12.3 Å². The average Bonchev–Trinajstić information content (AvgIpc) is 2.96. The number of nitrogens with zero attached hydrogens (tertiary/aromatic N) is 2. The lowest BCUT2D eigenvalue weighted by atomic mass is 10.2. The first-order valence-electron chi connectivity index (χ1n) is 6.07. The zero-order chi connectivity index (χ0) is 12.5. The van der Waals surface area contributed by atoms with Crippen molar-refractivity contribution in [3.63, 3.8) is 0 Å². The maximum atomic E-state index is 12.4. The van der Waals surface area contributed by atoms with Crippen LogP contribution in [-0.4, -0.2) is 34.7 Å². The van der Waals surface area contributed by atoms with Crippen LogP contribution in [0.1, 0.15) is 44.8 Å². The maximum Gasteiger partial charge on any atom is 0.217 e. The topological polar surface area (TPSA) is 66.1 Å². The van der Waals surface area contributed by atoms with E-state index < -0.39 is 10.0 Å². The third-order valence-electron chi connectivity index (χ3n) is 3.50. The molecule has 17 heavy (non-hydrogen) atoms. The first-order valence-corrected chi connectivity index (χ1v) is 7.57. The largest absolute Gasteiger partial charge is 0.281 e. The fraction of sp³-hybridized carbons (Fsp3) is 0.727. The summed E-state index contributed by atoms with van der Waals surface area (Å²) in [7, 11) is -3.18. The first-order chi connectivity index (χ1) is 8.07. The van der Waals surface area contributed by atoms with Crippen LogP contribution in [0.5, 0.6) is 0 Å². The monoisotopic (exact) mass is 257 g/mol. The number of nitrogens with one attached hydrogen (secondary N) is 1. The molecule has 96 valence electrons. The summed E-state index contributed by atoms with van der Waals surface area (Å²) in [6, 6.07) is 1.80. The molecule has 6 heteroatoms. The van der Waals surface area contributed by atoms with E-state index in [9.17, 15) is 8.42 Å². The van der Waals surface area contributed by atoms with Gasteiger partial charge in [0.25, 0.3) is 0 Å². The number of aromatic nitrogens is 2. The lowest BCUT2D eigenvalue weighted by molar-refractivity contribution is 0.384. The van der Waals surface area contributed by atoms with Crippen molar-refractivity contribution in [3.05, 3.63) is 18.0 Å². The van der Waals surface area contributed by atoms with E-state index in [0.717, 1.165) is 18.5 Å². The van der Waals surface area contributed by atoms with E-state index in [2.05, 4.69) is 10.2 Å². The van der Waals surface area contributed by atoms with E-state index in [0.29, 0.717) is 13.0 Å². The van der Waals surface area contributed by atoms with Crippen LogP contribution in [0, 0.1) is 0 Å². The third kappa shape index (κ3) is 2.24. The Morgan fingerprint density at radius 2 is 2.41 bits per heavy atom. The molecule has 2 heterocycles. The molecule has 1 aliphatic rings. The highest BCUT2D eigenvalue weighted by molar-refractivity contribution is 7.89. The summed E-state index contributed by atoms with van der Waals surface area (Å²) in [5.74, 6) is 0. The minimum atomic E-state index is -3.18. The molecule has 0 radical (unpaired) electrons. The molecule has 0 bridgehead atoms. The van der Waals surface area contributed by atoms with E-state index in [4.69, 9.17) is 0 Å². The Labute approximate surface area is 102 Å². The molecule has 0 saturated carbocycles. The van der Waals surface area contributed by atoms with Crippen LogP contribution in [0.4, 0.5) is 0 Å². The third-order valence-corrected chi connectivity index (χ3v) is 5.94. The molecule has 1 aromatic rings. The highest BCUT2D eigenvalue weighted by Gasteiger charge is 2.38. The van der Waals surface area contributed by atoms with Crippen molar-refractivity contribution in [1.82, 2.24) is 14.5 Å². The molecule has 1 fully saturated rings. The van der Waals surface area contributed by atoms with Crippen molar-refractivity contribution in [2.75, 3.05) is 6.54 Å². The van der Waals surface area contributed by atoms with Gasteiger partial charge in [-0.25, -0.2) is 8.42 Å². The minimum absolute atomic E-state index is 0.0588. The van der Waals surface area contributed by atoms with E-state index in [1.807, 2.05) is 13.0 Å². The van der Waals surface area contributed by atoms with Gasteiger partial charge >= 0.3 is 0 Å². The second kappa shape index (κ2) is 4.78. The van der Waals surface area contributed by atoms with Gasteiger partial charge in [0, 0.05) is 12.7 Å². The smallest absolute Gasteiger partial charge is 0.217 e. The molecule has 2 rings (SSSR count). The van der Waals surface area contributed by atoms with Gasteiger partial charge < -0.3 is 0 Å². The molecule has 0 spiro atoms. The van der Waals surface area contributed by atoms with Gasteiger partial charge in [-0.15, -0.1) is 0 Å². The Bertz CT molecular complexity index is 455. The zero-order valence-corrected chi connectivity index (χ0v) is 11.1. The summed E-state index contributed by atoms with van der Waals surface area (Å²) in [6.07, 6.45) is 4.10. The molecule has 1 N–H and O–H groups in total. The Hall–Kier alpha value is -0.880.